The number of hydrogen-bond acceptors (Lipinski definition) is 1. The van der Waals surface area contributed by atoms with E-state index in [2.05, 4.69) is 15.9 Å². The summed E-state index contributed by atoms with van der Waals surface area (Å²) in [7, 11) is 0. The highest BCUT2D eigenvalue weighted by molar-refractivity contribution is 9.10. The second-order valence-electron chi connectivity index (χ2n) is 2.05. The molecule has 0 bridgehead atoms. The molecule has 0 unspecified atom stereocenters. The fourth-order valence-corrected chi connectivity index (χ4v) is 1.66. The number of phenolic OH excluding ortho intramolecular Hbond substituents is 1. The quantitative estimate of drug-likeness (QED) is 0.714. The SMILES string of the molecule is Cc1cc(Cl)cc(Br)c1O. The highest BCUT2D eigenvalue weighted by Gasteiger charge is 2.01. The second-order valence-corrected chi connectivity index (χ2v) is 3.34. The summed E-state index contributed by atoms with van der Waals surface area (Å²) in [6.07, 6.45) is 0. The van der Waals surface area contributed by atoms with Gasteiger partial charge in [-0.2, -0.15) is 0 Å². The summed E-state index contributed by atoms with van der Waals surface area (Å²) in [5.74, 6) is 0.254. The molecule has 54 valence electrons. The van der Waals surface area contributed by atoms with E-state index in [1.165, 1.54) is 0 Å². The smallest absolute Gasteiger partial charge is 0.132 e. The first-order valence-electron chi connectivity index (χ1n) is 2.76. The molecule has 0 saturated heterocycles. The van der Waals surface area contributed by atoms with Crippen molar-refractivity contribution >= 4 is 27.5 Å². The van der Waals surface area contributed by atoms with Gasteiger partial charge in [-0.15, -0.1) is 0 Å². The van der Waals surface area contributed by atoms with Gasteiger partial charge in [0, 0.05) is 5.02 Å². The molecular weight excluding hydrogens is 215 g/mol. The number of halogens is 2. The zero-order valence-electron chi connectivity index (χ0n) is 5.36. The lowest BCUT2D eigenvalue weighted by Gasteiger charge is -2.00. The molecule has 10 heavy (non-hydrogen) atoms. The van der Waals surface area contributed by atoms with Crippen LogP contribution in [0.4, 0.5) is 0 Å². The van der Waals surface area contributed by atoms with Crippen LogP contribution in [0.1, 0.15) is 5.56 Å². The molecule has 0 aliphatic carbocycles. The first-order valence-corrected chi connectivity index (χ1v) is 3.93. The van der Waals surface area contributed by atoms with Gasteiger partial charge in [-0.25, -0.2) is 0 Å². The van der Waals surface area contributed by atoms with Gasteiger partial charge in [0.1, 0.15) is 5.75 Å². The van der Waals surface area contributed by atoms with Crippen LogP contribution in [-0.4, -0.2) is 5.11 Å². The van der Waals surface area contributed by atoms with E-state index in [-0.39, 0.29) is 5.75 Å². The third kappa shape index (κ3) is 1.44. The lowest BCUT2D eigenvalue weighted by atomic mass is 10.2. The van der Waals surface area contributed by atoms with Crippen LogP contribution in [0.3, 0.4) is 0 Å². The monoisotopic (exact) mass is 220 g/mol. The summed E-state index contributed by atoms with van der Waals surface area (Å²) < 4.78 is 0.637. The van der Waals surface area contributed by atoms with E-state index >= 15 is 0 Å². The van der Waals surface area contributed by atoms with Crippen LogP contribution < -0.4 is 0 Å². The van der Waals surface area contributed by atoms with Gasteiger partial charge in [-0.05, 0) is 40.5 Å². The largest absolute Gasteiger partial charge is 0.506 e. The van der Waals surface area contributed by atoms with E-state index in [1.54, 1.807) is 19.1 Å². The molecule has 0 atom stereocenters. The minimum atomic E-state index is 0.254. The Kier molecular flexibility index (Phi) is 2.21. The zero-order valence-corrected chi connectivity index (χ0v) is 7.70. The fourth-order valence-electron chi connectivity index (χ4n) is 0.695. The highest BCUT2D eigenvalue weighted by Crippen LogP contribution is 2.30. The average molecular weight is 221 g/mol. The van der Waals surface area contributed by atoms with Gasteiger partial charge < -0.3 is 5.11 Å². The molecule has 0 fully saturated rings. The summed E-state index contributed by atoms with van der Waals surface area (Å²) in [5.41, 5.74) is 0.777. The van der Waals surface area contributed by atoms with Crippen molar-refractivity contribution in [3.8, 4) is 5.75 Å². The Morgan fingerprint density at radius 2 is 2.10 bits per heavy atom. The van der Waals surface area contributed by atoms with Crippen molar-refractivity contribution in [2.45, 2.75) is 6.92 Å². The van der Waals surface area contributed by atoms with Crippen LogP contribution in [0.5, 0.6) is 5.75 Å². The predicted molar refractivity (Wildman–Crippen MR) is 45.6 cm³/mol. The van der Waals surface area contributed by atoms with Gasteiger partial charge in [0.05, 0.1) is 4.47 Å². The number of aryl methyl sites for hydroxylation is 1. The van der Waals surface area contributed by atoms with Crippen molar-refractivity contribution in [2.75, 3.05) is 0 Å². The van der Waals surface area contributed by atoms with Crippen LogP contribution in [0, 0.1) is 6.92 Å². The van der Waals surface area contributed by atoms with Gasteiger partial charge in [0.15, 0.2) is 0 Å². The third-order valence-corrected chi connectivity index (χ3v) is 2.04. The van der Waals surface area contributed by atoms with Gasteiger partial charge >= 0.3 is 0 Å². The van der Waals surface area contributed by atoms with Gasteiger partial charge in [-0.1, -0.05) is 11.6 Å². The second kappa shape index (κ2) is 2.81. The summed E-state index contributed by atoms with van der Waals surface area (Å²) in [6, 6.07) is 3.37. The van der Waals surface area contributed by atoms with Gasteiger partial charge in [-0.3, -0.25) is 0 Å². The minimum absolute atomic E-state index is 0.254. The third-order valence-electron chi connectivity index (χ3n) is 1.22. The lowest BCUT2D eigenvalue weighted by molar-refractivity contribution is 0.467. The minimum Gasteiger partial charge on any atom is -0.506 e. The van der Waals surface area contributed by atoms with Crippen LogP contribution in [-0.2, 0) is 0 Å². The molecule has 0 aliphatic heterocycles. The number of rotatable bonds is 0. The van der Waals surface area contributed by atoms with Crippen molar-refractivity contribution in [1.82, 2.24) is 0 Å². The molecule has 1 aromatic carbocycles. The van der Waals surface area contributed by atoms with Crippen molar-refractivity contribution in [1.29, 1.82) is 0 Å². The topological polar surface area (TPSA) is 20.2 Å². The number of aromatic hydroxyl groups is 1. The molecule has 1 nitrogen and oxygen atoms in total. The molecule has 0 spiro atoms. The number of hydrogen-bond donors (Lipinski definition) is 1. The molecule has 0 aliphatic rings. The molecule has 0 radical (unpaired) electrons. The Morgan fingerprint density at radius 3 is 2.60 bits per heavy atom. The summed E-state index contributed by atoms with van der Waals surface area (Å²) in [5, 5.41) is 9.85. The Balaban J connectivity index is 3.31. The first-order chi connectivity index (χ1) is 4.61. The van der Waals surface area contributed by atoms with Crippen molar-refractivity contribution in [3.63, 3.8) is 0 Å². The molecule has 0 amide bonds. The summed E-state index contributed by atoms with van der Waals surface area (Å²) in [4.78, 5) is 0. The number of benzene rings is 1. The Morgan fingerprint density at radius 1 is 1.50 bits per heavy atom. The van der Waals surface area contributed by atoms with Crippen LogP contribution in [0.2, 0.25) is 5.02 Å². The molecule has 0 aromatic heterocycles. The number of phenols is 1. The Labute approximate surface area is 72.8 Å². The van der Waals surface area contributed by atoms with Crippen LogP contribution in [0.25, 0.3) is 0 Å². The summed E-state index contributed by atoms with van der Waals surface area (Å²) >= 11 is 8.84. The molecule has 0 saturated carbocycles. The van der Waals surface area contributed by atoms with Crippen LogP contribution >= 0.6 is 27.5 Å². The van der Waals surface area contributed by atoms with Gasteiger partial charge in [0.2, 0.25) is 0 Å². The standard InChI is InChI=1S/C7H6BrClO/c1-4-2-5(9)3-6(8)7(4)10/h2-3,10H,1H3. The van der Waals surface area contributed by atoms with E-state index in [4.69, 9.17) is 11.6 Å². The highest BCUT2D eigenvalue weighted by atomic mass is 79.9. The van der Waals surface area contributed by atoms with Gasteiger partial charge in [0.25, 0.3) is 0 Å². The maximum absolute atomic E-state index is 9.23. The lowest BCUT2D eigenvalue weighted by Crippen LogP contribution is -1.75. The van der Waals surface area contributed by atoms with Crippen LogP contribution in [0.15, 0.2) is 16.6 Å². The molecule has 1 N–H and O–H groups in total. The van der Waals surface area contributed by atoms with E-state index in [1.807, 2.05) is 0 Å². The normalized spacial score (nSPS) is 9.90. The van der Waals surface area contributed by atoms with E-state index in [9.17, 15) is 5.11 Å². The molecule has 1 rings (SSSR count). The maximum atomic E-state index is 9.23. The van der Waals surface area contributed by atoms with E-state index in [0.29, 0.717) is 9.50 Å². The molecule has 3 heteroatoms. The Hall–Kier alpha value is -0.210. The molecule has 1 aromatic rings. The maximum Gasteiger partial charge on any atom is 0.132 e. The van der Waals surface area contributed by atoms with Crippen molar-refractivity contribution < 1.29 is 5.11 Å². The Bertz CT molecular complexity index is 237. The fraction of sp³-hybridized carbons (Fsp3) is 0.143. The zero-order chi connectivity index (χ0) is 7.72. The summed E-state index contributed by atoms with van der Waals surface area (Å²) in [6.45, 7) is 1.80. The molecular formula is C7H6BrClO. The predicted octanol–water partition coefficient (Wildman–Crippen LogP) is 3.12. The average Bonchev–Trinajstić information content (AvgIpc) is 1.82. The van der Waals surface area contributed by atoms with E-state index < -0.39 is 0 Å². The molecule has 0 heterocycles. The van der Waals surface area contributed by atoms with Crippen molar-refractivity contribution in [3.05, 3.63) is 27.2 Å². The first kappa shape index (κ1) is 7.89. The van der Waals surface area contributed by atoms with E-state index in [0.717, 1.165) is 5.56 Å². The van der Waals surface area contributed by atoms with Crippen molar-refractivity contribution in [2.24, 2.45) is 0 Å².